The molecule has 0 aliphatic heterocycles. The molecular weight excluding hydrogens is 398 g/mol. The fraction of sp³-hybridized carbons (Fsp3) is 0.100. The predicted octanol–water partition coefficient (Wildman–Crippen LogP) is 3.25. The first-order chi connectivity index (χ1) is 13.5. The normalized spacial score (nSPS) is 11.0. The summed E-state index contributed by atoms with van der Waals surface area (Å²) in [7, 11) is -3.98. The van der Waals surface area contributed by atoms with Crippen molar-refractivity contribution in [2.24, 2.45) is 0 Å². The maximum absolute atomic E-state index is 13.2. The summed E-state index contributed by atoms with van der Waals surface area (Å²) in [5.41, 5.74) is 1.10. The van der Waals surface area contributed by atoms with Gasteiger partial charge in [-0.15, -0.1) is 0 Å². The molecule has 0 spiro atoms. The van der Waals surface area contributed by atoms with Crippen molar-refractivity contribution >= 4 is 33.2 Å². The fourth-order valence-corrected chi connectivity index (χ4v) is 4.31. The summed E-state index contributed by atoms with van der Waals surface area (Å²) in [5, 5.41) is 2.97. The van der Waals surface area contributed by atoms with Gasteiger partial charge in [0, 0.05) is 18.9 Å². The van der Waals surface area contributed by atoms with Crippen molar-refractivity contribution in [3.8, 4) is 0 Å². The van der Waals surface area contributed by atoms with Crippen LogP contribution in [0.4, 0.5) is 5.69 Å². The van der Waals surface area contributed by atoms with Crippen LogP contribution in [0, 0.1) is 0 Å². The van der Waals surface area contributed by atoms with Crippen LogP contribution in [0.15, 0.2) is 84.0 Å². The van der Waals surface area contributed by atoms with Gasteiger partial charge in [-0.2, -0.15) is 0 Å². The van der Waals surface area contributed by atoms with E-state index in [0.29, 0.717) is 0 Å². The van der Waals surface area contributed by atoms with Gasteiger partial charge in [-0.1, -0.05) is 41.9 Å². The van der Waals surface area contributed by atoms with Crippen molar-refractivity contribution in [1.82, 2.24) is 10.3 Å². The monoisotopic (exact) mass is 415 g/mol. The number of carbonyl (C=O) groups excluding carboxylic acids is 1. The summed E-state index contributed by atoms with van der Waals surface area (Å²) in [6.45, 7) is -0.130. The molecule has 28 heavy (non-hydrogen) atoms. The van der Waals surface area contributed by atoms with Gasteiger partial charge in [0.15, 0.2) is 0 Å². The van der Waals surface area contributed by atoms with E-state index in [-0.39, 0.29) is 22.2 Å². The van der Waals surface area contributed by atoms with E-state index in [9.17, 15) is 13.2 Å². The zero-order valence-corrected chi connectivity index (χ0v) is 16.4. The molecule has 6 nitrogen and oxygen atoms in total. The Hall–Kier alpha value is -2.90. The van der Waals surface area contributed by atoms with E-state index in [1.165, 1.54) is 12.1 Å². The van der Waals surface area contributed by atoms with E-state index in [1.807, 2.05) is 0 Å². The molecule has 0 unspecified atom stereocenters. The number of sulfonamides is 1. The van der Waals surface area contributed by atoms with E-state index < -0.39 is 22.5 Å². The van der Waals surface area contributed by atoms with Crippen LogP contribution in [-0.4, -0.2) is 25.9 Å². The Bertz CT molecular complexity index is 1040. The number of aromatic nitrogens is 1. The zero-order chi connectivity index (χ0) is 20.0. The lowest BCUT2D eigenvalue weighted by Gasteiger charge is -2.25. The van der Waals surface area contributed by atoms with Crippen molar-refractivity contribution in [3.05, 3.63) is 89.7 Å². The van der Waals surface area contributed by atoms with Crippen molar-refractivity contribution in [3.63, 3.8) is 0 Å². The predicted molar refractivity (Wildman–Crippen MR) is 109 cm³/mol. The molecule has 1 N–H and O–H groups in total. The van der Waals surface area contributed by atoms with Crippen LogP contribution in [0.25, 0.3) is 0 Å². The lowest BCUT2D eigenvalue weighted by molar-refractivity contribution is -0.119. The standard InChI is InChI=1S/C20H18ClN3O3S/c21-18-8-4-5-9-19(18)24(28(26,27)17-6-2-1-3-7-17)15-20(25)23-14-16-10-12-22-13-11-16/h1-13H,14-15H2,(H,23,25). The van der Waals surface area contributed by atoms with Gasteiger partial charge in [0.2, 0.25) is 5.91 Å². The van der Waals surface area contributed by atoms with Gasteiger partial charge in [-0.25, -0.2) is 8.42 Å². The first kappa shape index (κ1) is 19.9. The molecule has 8 heteroatoms. The van der Waals surface area contributed by atoms with Crippen LogP contribution >= 0.6 is 11.6 Å². The van der Waals surface area contributed by atoms with Gasteiger partial charge in [0.1, 0.15) is 6.54 Å². The Balaban J connectivity index is 1.87. The first-order valence-electron chi connectivity index (χ1n) is 8.46. The molecule has 0 fully saturated rings. The number of para-hydroxylation sites is 1. The minimum atomic E-state index is -3.98. The minimum absolute atomic E-state index is 0.0804. The summed E-state index contributed by atoms with van der Waals surface area (Å²) in [5.74, 6) is -0.448. The number of nitrogens with one attached hydrogen (secondary N) is 1. The summed E-state index contributed by atoms with van der Waals surface area (Å²) >= 11 is 6.22. The van der Waals surface area contributed by atoms with Gasteiger partial charge in [0.05, 0.1) is 15.6 Å². The Morgan fingerprint density at radius 3 is 2.29 bits per heavy atom. The number of pyridine rings is 1. The third kappa shape index (κ3) is 4.68. The number of nitrogens with zero attached hydrogens (tertiary/aromatic N) is 2. The molecular formula is C20H18ClN3O3S. The maximum atomic E-state index is 13.2. The number of hydrogen-bond acceptors (Lipinski definition) is 4. The summed E-state index contributed by atoms with van der Waals surface area (Å²) in [4.78, 5) is 16.5. The number of benzene rings is 2. The smallest absolute Gasteiger partial charge is 0.264 e. The first-order valence-corrected chi connectivity index (χ1v) is 10.3. The number of halogens is 1. The van der Waals surface area contributed by atoms with Crippen LogP contribution < -0.4 is 9.62 Å². The lowest BCUT2D eigenvalue weighted by atomic mass is 10.2. The number of amides is 1. The molecule has 0 atom stereocenters. The third-order valence-electron chi connectivity index (χ3n) is 3.98. The molecule has 0 saturated carbocycles. The number of anilines is 1. The number of rotatable bonds is 7. The molecule has 0 aliphatic carbocycles. The van der Waals surface area contributed by atoms with Gasteiger partial charge in [-0.05, 0) is 42.0 Å². The number of carbonyl (C=O) groups is 1. The maximum Gasteiger partial charge on any atom is 0.264 e. The van der Waals surface area contributed by atoms with Crippen molar-refractivity contribution < 1.29 is 13.2 Å². The van der Waals surface area contributed by atoms with Crippen LogP contribution in [-0.2, 0) is 21.4 Å². The molecule has 144 valence electrons. The van der Waals surface area contributed by atoms with Gasteiger partial charge in [-0.3, -0.25) is 14.1 Å². The Morgan fingerprint density at radius 1 is 0.964 bits per heavy atom. The van der Waals surface area contributed by atoms with Crippen LogP contribution in [0.2, 0.25) is 5.02 Å². The fourth-order valence-electron chi connectivity index (χ4n) is 2.56. The second-order valence-corrected chi connectivity index (χ2v) is 8.18. The second kappa shape index (κ2) is 8.86. The molecule has 3 rings (SSSR count). The van der Waals surface area contributed by atoms with E-state index in [1.54, 1.807) is 67.0 Å². The van der Waals surface area contributed by atoms with E-state index in [0.717, 1.165) is 9.87 Å². The Labute approximate surface area is 168 Å². The van der Waals surface area contributed by atoms with Crippen LogP contribution in [0.3, 0.4) is 0 Å². The van der Waals surface area contributed by atoms with Gasteiger partial charge < -0.3 is 5.32 Å². The van der Waals surface area contributed by atoms with Gasteiger partial charge >= 0.3 is 0 Å². The highest BCUT2D eigenvalue weighted by Gasteiger charge is 2.28. The molecule has 0 saturated heterocycles. The highest BCUT2D eigenvalue weighted by molar-refractivity contribution is 7.92. The molecule has 0 bridgehead atoms. The molecule has 0 radical (unpaired) electrons. The molecule has 1 heterocycles. The topological polar surface area (TPSA) is 79.4 Å². The lowest BCUT2D eigenvalue weighted by Crippen LogP contribution is -2.40. The van der Waals surface area contributed by atoms with E-state index in [2.05, 4.69) is 10.3 Å². The minimum Gasteiger partial charge on any atom is -0.350 e. The van der Waals surface area contributed by atoms with Crippen LogP contribution in [0.5, 0.6) is 0 Å². The molecule has 2 aromatic carbocycles. The molecule has 3 aromatic rings. The average molecular weight is 416 g/mol. The summed E-state index contributed by atoms with van der Waals surface area (Å²) < 4.78 is 27.4. The highest BCUT2D eigenvalue weighted by Crippen LogP contribution is 2.30. The molecule has 0 aliphatic rings. The Kier molecular flexibility index (Phi) is 6.28. The van der Waals surface area contributed by atoms with E-state index >= 15 is 0 Å². The van der Waals surface area contributed by atoms with Crippen molar-refractivity contribution in [1.29, 1.82) is 0 Å². The summed E-state index contributed by atoms with van der Waals surface area (Å²) in [6.07, 6.45) is 3.24. The van der Waals surface area contributed by atoms with E-state index in [4.69, 9.17) is 11.6 Å². The molecule has 1 aromatic heterocycles. The van der Waals surface area contributed by atoms with Crippen LogP contribution in [0.1, 0.15) is 5.56 Å². The third-order valence-corrected chi connectivity index (χ3v) is 6.07. The average Bonchev–Trinajstić information content (AvgIpc) is 2.72. The SMILES string of the molecule is O=C(CN(c1ccccc1Cl)S(=O)(=O)c1ccccc1)NCc1ccncc1. The Morgan fingerprint density at radius 2 is 1.61 bits per heavy atom. The second-order valence-electron chi connectivity index (χ2n) is 5.91. The van der Waals surface area contributed by atoms with Crippen molar-refractivity contribution in [2.45, 2.75) is 11.4 Å². The number of hydrogen-bond donors (Lipinski definition) is 1. The molecule has 1 amide bonds. The zero-order valence-electron chi connectivity index (χ0n) is 14.8. The highest BCUT2D eigenvalue weighted by atomic mass is 35.5. The largest absolute Gasteiger partial charge is 0.350 e. The van der Waals surface area contributed by atoms with Crippen molar-refractivity contribution in [2.75, 3.05) is 10.8 Å². The quantitative estimate of drug-likeness (QED) is 0.642. The summed E-state index contributed by atoms with van der Waals surface area (Å²) in [6, 6.07) is 18.0. The van der Waals surface area contributed by atoms with Gasteiger partial charge in [0.25, 0.3) is 10.0 Å².